The first kappa shape index (κ1) is 21.9. The molecule has 0 amide bonds. The molecule has 0 radical (unpaired) electrons. The van der Waals surface area contributed by atoms with Gasteiger partial charge in [-0.1, -0.05) is 6.07 Å². The van der Waals surface area contributed by atoms with Gasteiger partial charge in [0.05, 0.1) is 25.2 Å². The summed E-state index contributed by atoms with van der Waals surface area (Å²) in [5.41, 5.74) is 1.47. The molecule has 3 aromatic rings. The van der Waals surface area contributed by atoms with Crippen LogP contribution in [-0.2, 0) is 16.4 Å². The summed E-state index contributed by atoms with van der Waals surface area (Å²) >= 11 is 0. The van der Waals surface area contributed by atoms with Crippen molar-refractivity contribution in [1.29, 1.82) is 0 Å². The quantitative estimate of drug-likeness (QED) is 0.529. The summed E-state index contributed by atoms with van der Waals surface area (Å²) in [4.78, 5) is 4.48. The molecule has 30 heavy (non-hydrogen) atoms. The van der Waals surface area contributed by atoms with Crippen molar-refractivity contribution in [3.05, 3.63) is 54.2 Å². The number of rotatable bonds is 10. The minimum absolute atomic E-state index is 0.179. The van der Waals surface area contributed by atoms with Crippen molar-refractivity contribution in [3.63, 3.8) is 0 Å². The third kappa shape index (κ3) is 4.83. The molecule has 2 aromatic carbocycles. The molecule has 160 valence electrons. The molecule has 0 atom stereocenters. The molecule has 3 rings (SSSR count). The van der Waals surface area contributed by atoms with Crippen LogP contribution in [-0.4, -0.2) is 40.3 Å². The van der Waals surface area contributed by atoms with Crippen LogP contribution in [0.1, 0.15) is 19.4 Å². The lowest BCUT2D eigenvalue weighted by atomic mass is 10.1. The van der Waals surface area contributed by atoms with Gasteiger partial charge in [-0.05, 0) is 62.2 Å². The van der Waals surface area contributed by atoms with E-state index in [0.29, 0.717) is 47.8 Å². The molecule has 0 unspecified atom stereocenters. The Morgan fingerprint density at radius 3 is 2.43 bits per heavy atom. The molecule has 1 heterocycles. The van der Waals surface area contributed by atoms with Crippen LogP contribution in [0.2, 0.25) is 0 Å². The second kappa shape index (κ2) is 9.77. The summed E-state index contributed by atoms with van der Waals surface area (Å²) in [5.74, 6) is 1.85. The molecule has 8 heteroatoms. The zero-order valence-electron chi connectivity index (χ0n) is 17.3. The first-order valence-electron chi connectivity index (χ1n) is 9.80. The standard InChI is InChI=1S/C22H26N2O5S/c1-4-28-18-9-8-16(15-20(18)27-3)12-14-24-30(25,26)21-11-10-19(29-5-2)22-17(21)7-6-13-23-22/h6-11,13,15,24H,4-5,12,14H2,1-3H3. The maximum absolute atomic E-state index is 12.9. The summed E-state index contributed by atoms with van der Waals surface area (Å²) < 4.78 is 45.0. The van der Waals surface area contributed by atoms with E-state index >= 15 is 0 Å². The van der Waals surface area contributed by atoms with Gasteiger partial charge in [0.15, 0.2) is 11.5 Å². The second-order valence-electron chi connectivity index (χ2n) is 6.46. The summed E-state index contributed by atoms with van der Waals surface area (Å²) in [7, 11) is -2.14. The molecule has 7 nitrogen and oxygen atoms in total. The fourth-order valence-corrected chi connectivity index (χ4v) is 4.40. The molecule has 0 spiro atoms. The number of hydrogen-bond donors (Lipinski definition) is 1. The van der Waals surface area contributed by atoms with E-state index in [9.17, 15) is 8.42 Å². The number of methoxy groups -OCH3 is 1. The molecular formula is C22H26N2O5S. The highest BCUT2D eigenvalue weighted by Gasteiger charge is 2.19. The van der Waals surface area contributed by atoms with Gasteiger partial charge in [-0.25, -0.2) is 13.1 Å². The zero-order chi connectivity index (χ0) is 21.6. The molecule has 0 aliphatic heterocycles. The Morgan fingerprint density at radius 2 is 1.70 bits per heavy atom. The predicted molar refractivity (Wildman–Crippen MR) is 116 cm³/mol. The van der Waals surface area contributed by atoms with Crippen LogP contribution in [0, 0.1) is 0 Å². The van der Waals surface area contributed by atoms with Crippen LogP contribution in [0.4, 0.5) is 0 Å². The van der Waals surface area contributed by atoms with E-state index in [1.165, 1.54) is 0 Å². The zero-order valence-corrected chi connectivity index (χ0v) is 18.2. The summed E-state index contributed by atoms with van der Waals surface area (Å²) in [6.07, 6.45) is 2.13. The number of aromatic nitrogens is 1. The molecule has 0 fully saturated rings. The molecular weight excluding hydrogens is 404 g/mol. The Morgan fingerprint density at radius 1 is 0.967 bits per heavy atom. The molecule has 0 saturated heterocycles. The van der Waals surface area contributed by atoms with Gasteiger partial charge in [-0.15, -0.1) is 0 Å². The molecule has 0 aliphatic carbocycles. The lowest BCUT2D eigenvalue weighted by Crippen LogP contribution is -2.26. The minimum atomic E-state index is -3.72. The van der Waals surface area contributed by atoms with Gasteiger partial charge >= 0.3 is 0 Å². The van der Waals surface area contributed by atoms with Gasteiger partial charge in [-0.2, -0.15) is 0 Å². The Hall–Kier alpha value is -2.84. The smallest absolute Gasteiger partial charge is 0.241 e. The Balaban J connectivity index is 1.77. The third-order valence-corrected chi connectivity index (χ3v) is 6.03. The van der Waals surface area contributed by atoms with Crippen molar-refractivity contribution in [1.82, 2.24) is 9.71 Å². The van der Waals surface area contributed by atoms with Gasteiger partial charge in [0.2, 0.25) is 10.0 Å². The maximum Gasteiger partial charge on any atom is 0.241 e. The van der Waals surface area contributed by atoms with E-state index in [-0.39, 0.29) is 11.4 Å². The normalized spacial score (nSPS) is 11.4. The van der Waals surface area contributed by atoms with Gasteiger partial charge < -0.3 is 14.2 Å². The van der Waals surface area contributed by atoms with Crippen molar-refractivity contribution in [3.8, 4) is 17.2 Å². The van der Waals surface area contributed by atoms with Gasteiger partial charge in [0, 0.05) is 18.1 Å². The van der Waals surface area contributed by atoms with Crippen LogP contribution in [0.15, 0.2) is 53.6 Å². The molecule has 1 aromatic heterocycles. The number of benzene rings is 2. The largest absolute Gasteiger partial charge is 0.493 e. The first-order valence-corrected chi connectivity index (χ1v) is 11.3. The van der Waals surface area contributed by atoms with E-state index in [1.54, 1.807) is 37.6 Å². The maximum atomic E-state index is 12.9. The number of nitrogens with zero attached hydrogens (tertiary/aromatic N) is 1. The summed E-state index contributed by atoms with van der Waals surface area (Å²) in [6, 6.07) is 12.2. The van der Waals surface area contributed by atoms with Crippen LogP contribution >= 0.6 is 0 Å². The van der Waals surface area contributed by atoms with E-state index in [0.717, 1.165) is 5.56 Å². The average molecular weight is 431 g/mol. The van der Waals surface area contributed by atoms with Crippen molar-refractivity contribution >= 4 is 20.9 Å². The van der Waals surface area contributed by atoms with Crippen LogP contribution < -0.4 is 18.9 Å². The Kier molecular flexibility index (Phi) is 7.12. The second-order valence-corrected chi connectivity index (χ2v) is 8.20. The lowest BCUT2D eigenvalue weighted by Gasteiger charge is -2.13. The SMILES string of the molecule is CCOc1ccc(CCNS(=O)(=O)c2ccc(OCC)c3ncccc23)cc1OC. The van der Waals surface area contributed by atoms with E-state index in [1.807, 2.05) is 32.0 Å². The predicted octanol–water partition coefficient (Wildman–Crippen LogP) is 3.56. The first-order chi connectivity index (χ1) is 14.5. The summed E-state index contributed by atoms with van der Waals surface area (Å²) in [5, 5.41) is 0.527. The minimum Gasteiger partial charge on any atom is -0.493 e. The van der Waals surface area contributed by atoms with Crippen LogP contribution in [0.25, 0.3) is 10.9 Å². The lowest BCUT2D eigenvalue weighted by molar-refractivity contribution is 0.310. The number of hydrogen-bond acceptors (Lipinski definition) is 6. The van der Waals surface area contributed by atoms with Gasteiger partial charge in [0.25, 0.3) is 0 Å². The van der Waals surface area contributed by atoms with Crippen molar-refractivity contribution < 1.29 is 22.6 Å². The highest BCUT2D eigenvalue weighted by Crippen LogP contribution is 2.30. The molecule has 1 N–H and O–H groups in total. The number of pyridine rings is 1. The molecule has 0 bridgehead atoms. The topological polar surface area (TPSA) is 86.8 Å². The highest BCUT2D eigenvalue weighted by molar-refractivity contribution is 7.89. The number of ether oxygens (including phenoxy) is 3. The molecule has 0 saturated carbocycles. The Bertz CT molecular complexity index is 1120. The van der Waals surface area contributed by atoms with E-state index in [2.05, 4.69) is 9.71 Å². The van der Waals surface area contributed by atoms with Crippen LogP contribution in [0.3, 0.4) is 0 Å². The third-order valence-electron chi connectivity index (χ3n) is 4.52. The van der Waals surface area contributed by atoms with Gasteiger partial charge in [0.1, 0.15) is 11.3 Å². The number of sulfonamides is 1. The van der Waals surface area contributed by atoms with Crippen molar-refractivity contribution in [2.75, 3.05) is 26.9 Å². The number of nitrogens with one attached hydrogen (secondary N) is 1. The van der Waals surface area contributed by atoms with E-state index in [4.69, 9.17) is 14.2 Å². The summed E-state index contributed by atoms with van der Waals surface area (Å²) in [6.45, 7) is 5.04. The fourth-order valence-electron chi connectivity index (χ4n) is 3.18. The fraction of sp³-hybridized carbons (Fsp3) is 0.318. The van der Waals surface area contributed by atoms with Crippen molar-refractivity contribution in [2.24, 2.45) is 0 Å². The van der Waals surface area contributed by atoms with Crippen molar-refractivity contribution in [2.45, 2.75) is 25.2 Å². The molecule has 0 aliphatic rings. The highest BCUT2D eigenvalue weighted by atomic mass is 32.2. The van der Waals surface area contributed by atoms with Crippen LogP contribution in [0.5, 0.6) is 17.2 Å². The van der Waals surface area contributed by atoms with E-state index < -0.39 is 10.0 Å². The number of fused-ring (bicyclic) bond motifs is 1. The Labute approximate surface area is 177 Å². The van der Waals surface area contributed by atoms with Gasteiger partial charge in [-0.3, -0.25) is 4.98 Å². The average Bonchev–Trinajstić information content (AvgIpc) is 2.75. The monoisotopic (exact) mass is 430 g/mol.